The number of esters is 1. The first kappa shape index (κ1) is 51.1. The van der Waals surface area contributed by atoms with E-state index in [1.807, 2.05) is 110 Å². The molecular weight excluding hydrogens is 883 g/mol. The minimum Gasteiger partial charge on any atom is -0.497 e. The zero-order chi connectivity index (χ0) is 49.5. The summed E-state index contributed by atoms with van der Waals surface area (Å²) in [5.41, 5.74) is 1.49. The Morgan fingerprint density at radius 1 is 0.812 bits per heavy atom. The zero-order valence-corrected chi connectivity index (χ0v) is 39.8. The number of ether oxygens (including phenoxy) is 5. The Kier molecular flexibility index (Phi) is 17.9. The molecule has 1 aliphatic heterocycles. The summed E-state index contributed by atoms with van der Waals surface area (Å²) in [6.45, 7) is 6.25. The van der Waals surface area contributed by atoms with Gasteiger partial charge in [0.2, 0.25) is 17.7 Å². The largest absolute Gasteiger partial charge is 0.497 e. The number of hydrogen-bond acceptors (Lipinski definition) is 11. The summed E-state index contributed by atoms with van der Waals surface area (Å²) in [5.74, 6) is -0.326. The Hall–Kier alpha value is -7.30. The van der Waals surface area contributed by atoms with Crippen LogP contribution in [0.4, 0.5) is 0 Å². The van der Waals surface area contributed by atoms with E-state index >= 15 is 0 Å². The van der Waals surface area contributed by atoms with Crippen molar-refractivity contribution in [1.29, 1.82) is 0 Å². The standard InChI is InChI=1S/C53H61N5O11/c1-34(2)30-36-12-14-37(15-13-36)35(3)50(62)56-29-28-55-47(60)25-16-38-32-58(52(64)57-51(38)63)48-31-44(69-49(61)27-26-46(59)54-4)45(68-48)33-67-53(39-10-8-7-9-11-39,40-17-21-42(65-5)22-18-40)41-19-23-43(66-6)24-20-41/h7-25,32,34-35,44-45,48H,26-31,33H2,1-6H3,(H,54,59)(H,55,60)(H,56,62)(H,57,63,64)/t35-,44+,45+,48+/m0/s1. The maximum absolute atomic E-state index is 13.4. The second-order valence-corrected chi connectivity index (χ2v) is 17.1. The van der Waals surface area contributed by atoms with Crippen LogP contribution in [0.1, 0.15) is 85.6 Å². The number of H-pyrrole nitrogens is 1. The van der Waals surface area contributed by atoms with Crippen molar-refractivity contribution in [2.24, 2.45) is 5.92 Å². The summed E-state index contributed by atoms with van der Waals surface area (Å²) in [6, 6.07) is 32.4. The predicted molar refractivity (Wildman–Crippen MR) is 260 cm³/mol. The molecular formula is C53H61N5O11. The molecule has 0 bridgehead atoms. The first-order valence-corrected chi connectivity index (χ1v) is 23.0. The molecule has 364 valence electrons. The van der Waals surface area contributed by atoms with Gasteiger partial charge in [-0.05, 0) is 77.4 Å². The molecule has 4 atom stereocenters. The molecule has 1 aliphatic rings. The maximum Gasteiger partial charge on any atom is 0.330 e. The molecule has 6 rings (SSSR count). The lowest BCUT2D eigenvalue weighted by molar-refractivity contribution is -0.156. The number of carbonyl (C=O) groups excluding carboxylic acids is 4. The highest BCUT2D eigenvalue weighted by molar-refractivity contribution is 5.91. The van der Waals surface area contributed by atoms with Crippen molar-refractivity contribution in [3.05, 3.63) is 170 Å². The fourth-order valence-electron chi connectivity index (χ4n) is 8.14. The SMILES string of the molecule is CNC(=O)CCC(=O)O[C@@H]1C[C@H](n2cc(C=CC(=O)NCCNC(=O)[C@@H](C)c3ccc(CC(C)C)cc3)c(=O)[nH]c2=O)O[C@@H]1COC(c1ccccc1)(c1ccc(OC)cc1)c1ccc(OC)cc1. The summed E-state index contributed by atoms with van der Waals surface area (Å²) in [6.07, 6.45) is 1.25. The van der Waals surface area contributed by atoms with Gasteiger partial charge in [0.05, 0.1) is 38.7 Å². The van der Waals surface area contributed by atoms with Crippen molar-refractivity contribution in [3.8, 4) is 11.5 Å². The van der Waals surface area contributed by atoms with Crippen LogP contribution >= 0.6 is 0 Å². The molecule has 5 aromatic rings. The molecule has 0 spiro atoms. The van der Waals surface area contributed by atoms with Crippen molar-refractivity contribution in [1.82, 2.24) is 25.5 Å². The summed E-state index contributed by atoms with van der Waals surface area (Å²) >= 11 is 0. The van der Waals surface area contributed by atoms with Crippen LogP contribution < -0.4 is 36.7 Å². The smallest absolute Gasteiger partial charge is 0.330 e. The highest BCUT2D eigenvalue weighted by Crippen LogP contribution is 2.43. The summed E-state index contributed by atoms with van der Waals surface area (Å²) in [4.78, 5) is 79.8. The van der Waals surface area contributed by atoms with Crippen LogP contribution in [0.5, 0.6) is 11.5 Å². The number of hydrogen-bond donors (Lipinski definition) is 4. The van der Waals surface area contributed by atoms with Gasteiger partial charge in [0.25, 0.3) is 5.56 Å². The van der Waals surface area contributed by atoms with E-state index in [0.717, 1.165) is 39.3 Å². The average Bonchev–Trinajstić information content (AvgIpc) is 3.76. The third-order valence-corrected chi connectivity index (χ3v) is 11.9. The molecule has 2 heterocycles. The maximum atomic E-state index is 13.4. The molecule has 3 amide bonds. The Morgan fingerprint density at radius 2 is 1.42 bits per heavy atom. The lowest BCUT2D eigenvalue weighted by Crippen LogP contribution is -2.39. The van der Waals surface area contributed by atoms with Gasteiger partial charge in [-0.3, -0.25) is 33.5 Å². The van der Waals surface area contributed by atoms with Crippen LogP contribution in [0, 0.1) is 5.92 Å². The van der Waals surface area contributed by atoms with E-state index in [1.165, 1.54) is 24.9 Å². The fraction of sp³-hybridized carbons (Fsp3) is 0.358. The number of benzene rings is 4. The van der Waals surface area contributed by atoms with E-state index in [2.05, 4.69) is 34.8 Å². The highest BCUT2D eigenvalue weighted by atomic mass is 16.6. The quantitative estimate of drug-likeness (QED) is 0.0294. The molecule has 4 aromatic carbocycles. The van der Waals surface area contributed by atoms with Gasteiger partial charge in [-0.1, -0.05) is 92.7 Å². The number of methoxy groups -OCH3 is 2. The fourth-order valence-corrected chi connectivity index (χ4v) is 8.14. The van der Waals surface area contributed by atoms with Crippen molar-refractivity contribution in [2.45, 2.75) is 76.4 Å². The predicted octanol–water partition coefficient (Wildman–Crippen LogP) is 5.54. The van der Waals surface area contributed by atoms with Gasteiger partial charge in [0.15, 0.2) is 0 Å². The van der Waals surface area contributed by atoms with Gasteiger partial charge < -0.3 is 39.6 Å². The molecule has 0 radical (unpaired) electrons. The van der Waals surface area contributed by atoms with E-state index in [-0.39, 0.29) is 62.3 Å². The third-order valence-electron chi connectivity index (χ3n) is 11.9. The van der Waals surface area contributed by atoms with Crippen molar-refractivity contribution in [2.75, 3.05) is 41.0 Å². The number of carbonyl (C=O) groups is 4. The third kappa shape index (κ3) is 13.2. The molecule has 4 N–H and O–H groups in total. The van der Waals surface area contributed by atoms with Crippen LogP contribution in [0.3, 0.4) is 0 Å². The number of aromatic amines is 1. The number of rotatable bonds is 22. The van der Waals surface area contributed by atoms with Crippen LogP contribution in [-0.2, 0) is 45.4 Å². The normalized spacial score (nSPS) is 16.2. The molecule has 1 aromatic heterocycles. The van der Waals surface area contributed by atoms with Crippen molar-refractivity contribution in [3.63, 3.8) is 0 Å². The molecule has 1 saturated heterocycles. The second kappa shape index (κ2) is 24.1. The van der Waals surface area contributed by atoms with Gasteiger partial charge in [0.1, 0.15) is 35.5 Å². The van der Waals surface area contributed by atoms with E-state index in [1.54, 1.807) is 14.2 Å². The molecule has 0 saturated carbocycles. The topological polar surface area (TPSA) is 205 Å². The minimum absolute atomic E-state index is 0.0316. The van der Waals surface area contributed by atoms with Gasteiger partial charge in [-0.2, -0.15) is 0 Å². The lowest BCUT2D eigenvalue weighted by atomic mass is 9.80. The Labute approximate surface area is 401 Å². The van der Waals surface area contributed by atoms with Gasteiger partial charge in [0, 0.05) is 45.3 Å². The van der Waals surface area contributed by atoms with Crippen molar-refractivity contribution >= 4 is 29.8 Å². The first-order valence-electron chi connectivity index (χ1n) is 23.0. The molecule has 69 heavy (non-hydrogen) atoms. The van der Waals surface area contributed by atoms with E-state index in [0.29, 0.717) is 17.4 Å². The Balaban J connectivity index is 1.20. The number of nitrogens with zero attached hydrogens (tertiary/aromatic N) is 1. The zero-order valence-electron chi connectivity index (χ0n) is 39.8. The minimum atomic E-state index is -1.27. The van der Waals surface area contributed by atoms with Crippen LogP contribution in [0.15, 0.2) is 125 Å². The van der Waals surface area contributed by atoms with E-state index in [9.17, 15) is 28.8 Å². The lowest BCUT2D eigenvalue weighted by Gasteiger charge is -2.37. The summed E-state index contributed by atoms with van der Waals surface area (Å²) < 4.78 is 31.7. The van der Waals surface area contributed by atoms with Crippen LogP contribution in [-0.4, -0.2) is 86.4 Å². The number of nitrogens with one attached hydrogen (secondary N) is 4. The summed E-state index contributed by atoms with van der Waals surface area (Å²) in [7, 11) is 4.63. The van der Waals surface area contributed by atoms with Gasteiger partial charge in [-0.25, -0.2) is 4.79 Å². The van der Waals surface area contributed by atoms with Crippen LogP contribution in [0.25, 0.3) is 6.08 Å². The van der Waals surface area contributed by atoms with E-state index in [4.69, 9.17) is 23.7 Å². The second-order valence-electron chi connectivity index (χ2n) is 17.1. The molecule has 0 unspecified atom stereocenters. The Morgan fingerprint density at radius 3 is 2.01 bits per heavy atom. The van der Waals surface area contributed by atoms with Gasteiger partial charge in [-0.15, -0.1) is 0 Å². The van der Waals surface area contributed by atoms with Crippen molar-refractivity contribution < 1.29 is 42.9 Å². The molecule has 0 aliphatic carbocycles. The average molecular weight is 944 g/mol. The number of amides is 3. The molecule has 1 fully saturated rings. The van der Waals surface area contributed by atoms with Crippen LogP contribution in [0.2, 0.25) is 0 Å². The monoisotopic (exact) mass is 943 g/mol. The Bertz CT molecular complexity index is 2620. The molecule has 16 nitrogen and oxygen atoms in total. The number of aromatic nitrogens is 2. The van der Waals surface area contributed by atoms with E-state index < -0.39 is 47.2 Å². The highest BCUT2D eigenvalue weighted by Gasteiger charge is 2.44. The summed E-state index contributed by atoms with van der Waals surface area (Å²) in [5, 5.41) is 8.03. The van der Waals surface area contributed by atoms with Gasteiger partial charge >= 0.3 is 11.7 Å². The molecule has 16 heteroatoms. The first-order chi connectivity index (χ1) is 33.2.